The first-order valence-electron chi connectivity index (χ1n) is 8.32. The molecule has 1 fully saturated rings. The molecular formula is C18H21N3O4S. The molecule has 1 atom stereocenters. The lowest BCUT2D eigenvalue weighted by molar-refractivity contribution is 0.0963. The Hall–Kier alpha value is -2.45. The van der Waals surface area contributed by atoms with Crippen molar-refractivity contribution in [3.63, 3.8) is 0 Å². The van der Waals surface area contributed by atoms with Crippen molar-refractivity contribution in [3.8, 4) is 5.75 Å². The van der Waals surface area contributed by atoms with Crippen LogP contribution < -0.4 is 10.1 Å². The summed E-state index contributed by atoms with van der Waals surface area (Å²) in [4.78, 5) is 15.9. The van der Waals surface area contributed by atoms with E-state index < -0.39 is 10.0 Å². The summed E-state index contributed by atoms with van der Waals surface area (Å²) in [6, 6.07) is 9.55. The van der Waals surface area contributed by atoms with E-state index in [0.29, 0.717) is 24.3 Å². The number of ether oxygens (including phenoxy) is 1. The number of rotatable bonds is 5. The van der Waals surface area contributed by atoms with Gasteiger partial charge in [0.05, 0.1) is 17.1 Å². The number of nitrogens with zero attached hydrogens (tertiary/aromatic N) is 2. The van der Waals surface area contributed by atoms with E-state index in [4.69, 9.17) is 4.74 Å². The van der Waals surface area contributed by atoms with Gasteiger partial charge in [-0.05, 0) is 49.7 Å². The summed E-state index contributed by atoms with van der Waals surface area (Å²) in [7, 11) is -2.09. The van der Waals surface area contributed by atoms with Gasteiger partial charge in [0.1, 0.15) is 11.9 Å². The zero-order valence-corrected chi connectivity index (χ0v) is 15.5. The quantitative estimate of drug-likeness (QED) is 0.857. The van der Waals surface area contributed by atoms with Crippen LogP contribution >= 0.6 is 0 Å². The predicted octanol–water partition coefficient (Wildman–Crippen LogP) is 1.59. The Bertz CT molecular complexity index is 897. The SMILES string of the molecule is CNC(=O)c1ccc(S(=O)(=O)N2CC[C@@H](Oc3cccnc3C)C2)cc1. The number of sulfonamides is 1. The Kier molecular flexibility index (Phi) is 5.24. The number of benzene rings is 1. The molecule has 0 unspecified atom stereocenters. The fraction of sp³-hybridized carbons (Fsp3) is 0.333. The molecule has 8 heteroatoms. The highest BCUT2D eigenvalue weighted by Gasteiger charge is 2.33. The number of aromatic nitrogens is 1. The lowest BCUT2D eigenvalue weighted by Gasteiger charge is -2.18. The molecule has 1 aromatic carbocycles. The second-order valence-corrected chi connectivity index (χ2v) is 8.02. The third kappa shape index (κ3) is 3.71. The summed E-state index contributed by atoms with van der Waals surface area (Å²) in [6.45, 7) is 2.53. The molecule has 2 aromatic rings. The molecule has 0 spiro atoms. The second-order valence-electron chi connectivity index (χ2n) is 6.08. The minimum atomic E-state index is -3.62. The maximum Gasteiger partial charge on any atom is 0.251 e. The Balaban J connectivity index is 1.71. The van der Waals surface area contributed by atoms with Gasteiger partial charge in [-0.15, -0.1) is 0 Å². The van der Waals surface area contributed by atoms with Gasteiger partial charge in [-0.2, -0.15) is 4.31 Å². The fourth-order valence-corrected chi connectivity index (χ4v) is 4.34. The molecule has 1 amide bonds. The smallest absolute Gasteiger partial charge is 0.251 e. The molecule has 1 aliphatic heterocycles. The minimum absolute atomic E-state index is 0.170. The van der Waals surface area contributed by atoms with Crippen molar-refractivity contribution in [2.75, 3.05) is 20.1 Å². The lowest BCUT2D eigenvalue weighted by atomic mass is 10.2. The van der Waals surface area contributed by atoms with Crippen molar-refractivity contribution in [1.82, 2.24) is 14.6 Å². The maximum atomic E-state index is 12.8. The van der Waals surface area contributed by atoms with Crippen LogP contribution in [0.1, 0.15) is 22.5 Å². The molecule has 2 heterocycles. The van der Waals surface area contributed by atoms with E-state index in [0.717, 1.165) is 5.69 Å². The molecule has 1 N–H and O–H groups in total. The predicted molar refractivity (Wildman–Crippen MR) is 96.6 cm³/mol. The van der Waals surface area contributed by atoms with Crippen molar-refractivity contribution >= 4 is 15.9 Å². The van der Waals surface area contributed by atoms with Crippen LogP contribution in [0.4, 0.5) is 0 Å². The third-order valence-electron chi connectivity index (χ3n) is 4.34. The Morgan fingerprint density at radius 2 is 2.00 bits per heavy atom. The van der Waals surface area contributed by atoms with E-state index in [-0.39, 0.29) is 23.5 Å². The van der Waals surface area contributed by atoms with Gasteiger partial charge in [0.15, 0.2) is 0 Å². The molecule has 26 heavy (non-hydrogen) atoms. The average Bonchev–Trinajstić information content (AvgIpc) is 3.12. The molecule has 1 saturated heterocycles. The van der Waals surface area contributed by atoms with Crippen LogP contribution in [0.3, 0.4) is 0 Å². The number of aryl methyl sites for hydroxylation is 1. The lowest BCUT2D eigenvalue weighted by Crippen LogP contribution is -2.31. The normalized spacial score (nSPS) is 17.8. The van der Waals surface area contributed by atoms with Crippen LogP contribution in [0.5, 0.6) is 5.75 Å². The van der Waals surface area contributed by atoms with Gasteiger partial charge in [-0.3, -0.25) is 9.78 Å². The van der Waals surface area contributed by atoms with Gasteiger partial charge in [0.2, 0.25) is 10.0 Å². The van der Waals surface area contributed by atoms with Crippen LogP contribution in [0.2, 0.25) is 0 Å². The van der Waals surface area contributed by atoms with E-state index in [2.05, 4.69) is 10.3 Å². The largest absolute Gasteiger partial charge is 0.487 e. The number of pyridine rings is 1. The van der Waals surface area contributed by atoms with E-state index >= 15 is 0 Å². The zero-order valence-electron chi connectivity index (χ0n) is 14.7. The first-order chi connectivity index (χ1) is 12.4. The molecule has 0 aliphatic carbocycles. The zero-order chi connectivity index (χ0) is 18.7. The number of amides is 1. The number of hydrogen-bond acceptors (Lipinski definition) is 5. The van der Waals surface area contributed by atoms with Crippen molar-refractivity contribution < 1.29 is 17.9 Å². The third-order valence-corrected chi connectivity index (χ3v) is 6.22. The summed E-state index contributed by atoms with van der Waals surface area (Å²) in [5.41, 5.74) is 1.19. The molecule has 138 valence electrons. The number of nitrogens with one attached hydrogen (secondary N) is 1. The molecule has 1 aromatic heterocycles. The highest BCUT2D eigenvalue weighted by molar-refractivity contribution is 7.89. The minimum Gasteiger partial charge on any atom is -0.487 e. The molecule has 0 bridgehead atoms. The maximum absolute atomic E-state index is 12.8. The Morgan fingerprint density at radius 1 is 1.27 bits per heavy atom. The van der Waals surface area contributed by atoms with Crippen LogP contribution in [-0.2, 0) is 10.0 Å². The van der Waals surface area contributed by atoms with E-state index in [1.165, 1.54) is 35.6 Å². The first-order valence-corrected chi connectivity index (χ1v) is 9.76. The van der Waals surface area contributed by atoms with Crippen LogP contribution in [-0.4, -0.2) is 49.9 Å². The van der Waals surface area contributed by atoms with Gasteiger partial charge >= 0.3 is 0 Å². The molecule has 1 aliphatic rings. The van der Waals surface area contributed by atoms with Gasteiger partial charge in [-0.1, -0.05) is 0 Å². The van der Waals surface area contributed by atoms with Crippen LogP contribution in [0.15, 0.2) is 47.5 Å². The van der Waals surface area contributed by atoms with Crippen molar-refractivity contribution in [2.45, 2.75) is 24.3 Å². The summed E-state index contributed by atoms with van der Waals surface area (Å²) in [6.07, 6.45) is 2.10. The van der Waals surface area contributed by atoms with Crippen molar-refractivity contribution in [1.29, 1.82) is 0 Å². The van der Waals surface area contributed by atoms with Gasteiger partial charge < -0.3 is 10.1 Å². The summed E-state index contributed by atoms with van der Waals surface area (Å²) < 4.78 is 32.9. The van der Waals surface area contributed by atoms with Gasteiger partial charge in [0, 0.05) is 25.4 Å². The van der Waals surface area contributed by atoms with E-state index in [1.54, 1.807) is 12.3 Å². The van der Waals surface area contributed by atoms with Crippen LogP contribution in [0.25, 0.3) is 0 Å². The number of carbonyl (C=O) groups excluding carboxylic acids is 1. The highest BCUT2D eigenvalue weighted by Crippen LogP contribution is 2.25. The van der Waals surface area contributed by atoms with Crippen molar-refractivity contribution in [3.05, 3.63) is 53.9 Å². The molecule has 0 saturated carbocycles. The number of carbonyl (C=O) groups is 1. The first kappa shape index (κ1) is 18.3. The topological polar surface area (TPSA) is 88.6 Å². The fourth-order valence-electron chi connectivity index (χ4n) is 2.86. The Labute approximate surface area is 153 Å². The van der Waals surface area contributed by atoms with Gasteiger partial charge in [-0.25, -0.2) is 8.42 Å². The summed E-state index contributed by atoms with van der Waals surface area (Å²) in [5, 5.41) is 2.51. The standard InChI is InChI=1S/C18H21N3O4S/c1-13-17(4-3-10-20-13)25-15-9-11-21(12-15)26(23,24)16-7-5-14(6-8-16)18(22)19-2/h3-8,10,15H,9,11-12H2,1-2H3,(H,19,22)/t15-/m1/s1. The molecule has 0 radical (unpaired) electrons. The molecule has 3 rings (SSSR count). The van der Waals surface area contributed by atoms with Gasteiger partial charge in [0.25, 0.3) is 5.91 Å². The second kappa shape index (κ2) is 7.43. The van der Waals surface area contributed by atoms with Crippen LogP contribution in [0, 0.1) is 6.92 Å². The van der Waals surface area contributed by atoms with E-state index in [9.17, 15) is 13.2 Å². The summed E-state index contributed by atoms with van der Waals surface area (Å²) in [5.74, 6) is 0.419. The van der Waals surface area contributed by atoms with E-state index in [1.807, 2.05) is 13.0 Å². The Morgan fingerprint density at radius 3 is 2.65 bits per heavy atom. The highest BCUT2D eigenvalue weighted by atomic mass is 32.2. The monoisotopic (exact) mass is 375 g/mol. The average molecular weight is 375 g/mol. The number of hydrogen-bond donors (Lipinski definition) is 1. The summed E-state index contributed by atoms with van der Waals surface area (Å²) >= 11 is 0. The molecular weight excluding hydrogens is 354 g/mol. The van der Waals surface area contributed by atoms with Crippen molar-refractivity contribution in [2.24, 2.45) is 0 Å². The molecule has 7 nitrogen and oxygen atoms in total.